The summed E-state index contributed by atoms with van der Waals surface area (Å²) in [6.07, 6.45) is 0. The molecule has 0 fully saturated rings. The molecule has 0 bridgehead atoms. The van der Waals surface area contributed by atoms with Crippen molar-refractivity contribution in [2.24, 2.45) is 4.99 Å². The Morgan fingerprint density at radius 1 is 0.903 bits per heavy atom. The lowest BCUT2D eigenvalue weighted by Gasteiger charge is -2.12. The first-order chi connectivity index (χ1) is 15.1. The molecule has 0 radical (unpaired) electrons. The normalized spacial score (nSPS) is 11.2. The SMILES string of the molecule is COc1ccc(N=C(C#N)c2c(O)n(-c3ccccc3)n(-c3ccccc3)c2=O)cc1. The lowest BCUT2D eigenvalue weighted by Crippen LogP contribution is -2.23. The molecule has 31 heavy (non-hydrogen) atoms. The molecular weight excluding hydrogens is 392 g/mol. The maximum Gasteiger partial charge on any atom is 0.286 e. The van der Waals surface area contributed by atoms with Gasteiger partial charge in [0.1, 0.15) is 17.4 Å². The molecule has 4 aromatic rings. The first kappa shape index (κ1) is 19.7. The number of aromatic hydroxyl groups is 1. The molecule has 0 atom stereocenters. The van der Waals surface area contributed by atoms with Crippen molar-refractivity contribution in [3.63, 3.8) is 0 Å². The van der Waals surface area contributed by atoms with Gasteiger partial charge >= 0.3 is 0 Å². The van der Waals surface area contributed by atoms with Gasteiger partial charge in [0.15, 0.2) is 5.71 Å². The molecule has 0 spiro atoms. The van der Waals surface area contributed by atoms with Crippen molar-refractivity contribution in [2.75, 3.05) is 7.11 Å². The molecule has 7 heteroatoms. The lowest BCUT2D eigenvalue weighted by atomic mass is 10.2. The van der Waals surface area contributed by atoms with Crippen molar-refractivity contribution < 1.29 is 9.84 Å². The number of aliphatic imine (C=N–C) groups is 1. The minimum Gasteiger partial charge on any atom is -0.497 e. The molecule has 0 aliphatic rings. The fraction of sp³-hybridized carbons (Fsp3) is 0.0417. The predicted octanol–water partition coefficient (Wildman–Crippen LogP) is 3.99. The average Bonchev–Trinajstić information content (AvgIpc) is 3.09. The largest absolute Gasteiger partial charge is 0.497 e. The summed E-state index contributed by atoms with van der Waals surface area (Å²) in [7, 11) is 1.55. The van der Waals surface area contributed by atoms with Gasteiger partial charge in [-0.15, -0.1) is 0 Å². The van der Waals surface area contributed by atoms with Crippen molar-refractivity contribution in [3.8, 4) is 29.1 Å². The Labute approximate surface area is 178 Å². The quantitative estimate of drug-likeness (QED) is 0.504. The van der Waals surface area contributed by atoms with E-state index in [1.54, 1.807) is 79.9 Å². The Kier molecular flexibility index (Phi) is 5.37. The van der Waals surface area contributed by atoms with Gasteiger partial charge in [-0.05, 0) is 48.5 Å². The maximum absolute atomic E-state index is 13.4. The maximum atomic E-state index is 13.4. The molecule has 0 unspecified atom stereocenters. The van der Waals surface area contributed by atoms with Crippen LogP contribution in [0.1, 0.15) is 5.56 Å². The van der Waals surface area contributed by atoms with Gasteiger partial charge in [0.25, 0.3) is 5.56 Å². The summed E-state index contributed by atoms with van der Waals surface area (Å²) in [5.41, 5.74) is 0.642. The lowest BCUT2D eigenvalue weighted by molar-refractivity contribution is 0.415. The molecule has 3 aromatic carbocycles. The Morgan fingerprint density at radius 3 is 1.97 bits per heavy atom. The summed E-state index contributed by atoms with van der Waals surface area (Å²) >= 11 is 0. The van der Waals surface area contributed by atoms with Gasteiger partial charge in [-0.25, -0.2) is 14.4 Å². The molecule has 0 aliphatic heterocycles. The Balaban J connectivity index is 1.96. The fourth-order valence-electron chi connectivity index (χ4n) is 3.23. The third-order valence-corrected chi connectivity index (χ3v) is 4.69. The first-order valence-corrected chi connectivity index (χ1v) is 9.45. The third-order valence-electron chi connectivity index (χ3n) is 4.69. The second-order valence-corrected chi connectivity index (χ2v) is 6.57. The zero-order valence-electron chi connectivity index (χ0n) is 16.6. The van der Waals surface area contributed by atoms with E-state index < -0.39 is 5.56 Å². The number of benzene rings is 3. The van der Waals surface area contributed by atoms with Crippen LogP contribution in [0, 0.1) is 11.3 Å². The van der Waals surface area contributed by atoms with Crippen LogP contribution in [0.25, 0.3) is 11.4 Å². The van der Waals surface area contributed by atoms with E-state index in [2.05, 4.69) is 4.99 Å². The van der Waals surface area contributed by atoms with E-state index in [-0.39, 0.29) is 17.2 Å². The number of ether oxygens (including phenoxy) is 1. The Bertz CT molecular complexity index is 1330. The Morgan fingerprint density at radius 2 is 1.45 bits per heavy atom. The number of aromatic nitrogens is 2. The number of hydrogen-bond donors (Lipinski definition) is 1. The number of para-hydroxylation sites is 2. The van der Waals surface area contributed by atoms with Crippen molar-refractivity contribution in [3.05, 3.63) is 101 Å². The standard InChI is InChI=1S/C24H18N4O3/c1-31-20-14-12-17(13-15-20)26-21(16-25)22-23(29)27(18-8-4-2-5-9-18)28(24(22)30)19-10-6-3-7-11-19/h2-15,29H,1H3. The molecule has 152 valence electrons. The van der Waals surface area contributed by atoms with Crippen LogP contribution in [-0.4, -0.2) is 27.3 Å². The molecule has 7 nitrogen and oxygen atoms in total. The van der Waals surface area contributed by atoms with Gasteiger partial charge in [0, 0.05) is 0 Å². The molecule has 0 saturated carbocycles. The molecule has 1 heterocycles. The number of methoxy groups -OCH3 is 1. The zero-order valence-corrected chi connectivity index (χ0v) is 16.6. The molecule has 1 aromatic heterocycles. The highest BCUT2D eigenvalue weighted by atomic mass is 16.5. The fourth-order valence-corrected chi connectivity index (χ4v) is 3.23. The van der Waals surface area contributed by atoms with Crippen molar-refractivity contribution in [1.29, 1.82) is 5.26 Å². The Hall–Kier alpha value is -4.57. The van der Waals surface area contributed by atoms with E-state index in [9.17, 15) is 15.2 Å². The second kappa shape index (κ2) is 8.43. The van der Waals surface area contributed by atoms with Crippen LogP contribution < -0.4 is 10.3 Å². The summed E-state index contributed by atoms with van der Waals surface area (Å²) in [6.45, 7) is 0. The summed E-state index contributed by atoms with van der Waals surface area (Å²) in [5.74, 6) is 0.274. The van der Waals surface area contributed by atoms with E-state index in [0.717, 1.165) is 0 Å². The van der Waals surface area contributed by atoms with E-state index in [4.69, 9.17) is 4.74 Å². The summed E-state index contributed by atoms with van der Waals surface area (Å²) in [4.78, 5) is 17.7. The van der Waals surface area contributed by atoms with Crippen LogP contribution in [0.2, 0.25) is 0 Å². The van der Waals surface area contributed by atoms with E-state index in [1.807, 2.05) is 18.2 Å². The molecule has 0 saturated heterocycles. The van der Waals surface area contributed by atoms with Crippen molar-refractivity contribution in [1.82, 2.24) is 9.36 Å². The van der Waals surface area contributed by atoms with Gasteiger partial charge in [0.05, 0.1) is 24.2 Å². The first-order valence-electron chi connectivity index (χ1n) is 9.45. The van der Waals surface area contributed by atoms with Crippen LogP contribution in [0.5, 0.6) is 11.6 Å². The number of nitrogens with zero attached hydrogens (tertiary/aromatic N) is 4. The second-order valence-electron chi connectivity index (χ2n) is 6.57. The van der Waals surface area contributed by atoms with E-state index >= 15 is 0 Å². The predicted molar refractivity (Wildman–Crippen MR) is 118 cm³/mol. The highest BCUT2D eigenvalue weighted by Crippen LogP contribution is 2.25. The number of nitriles is 1. The molecular formula is C24H18N4O3. The van der Waals surface area contributed by atoms with Gasteiger partial charge in [-0.2, -0.15) is 5.26 Å². The molecule has 0 amide bonds. The zero-order chi connectivity index (χ0) is 21.8. The highest BCUT2D eigenvalue weighted by Gasteiger charge is 2.25. The number of hydrogen-bond acceptors (Lipinski definition) is 5. The molecule has 4 rings (SSSR count). The van der Waals surface area contributed by atoms with Crippen LogP contribution in [-0.2, 0) is 0 Å². The van der Waals surface area contributed by atoms with Gasteiger partial charge in [-0.3, -0.25) is 4.79 Å². The van der Waals surface area contributed by atoms with Gasteiger partial charge in [-0.1, -0.05) is 36.4 Å². The minimum atomic E-state index is -0.554. The van der Waals surface area contributed by atoms with E-state index in [0.29, 0.717) is 22.8 Å². The third kappa shape index (κ3) is 3.70. The van der Waals surface area contributed by atoms with Crippen LogP contribution in [0.3, 0.4) is 0 Å². The number of rotatable bonds is 5. The summed E-state index contributed by atoms with van der Waals surface area (Å²) in [5, 5.41) is 20.8. The smallest absolute Gasteiger partial charge is 0.286 e. The average molecular weight is 410 g/mol. The van der Waals surface area contributed by atoms with Crippen molar-refractivity contribution >= 4 is 11.4 Å². The monoisotopic (exact) mass is 410 g/mol. The summed E-state index contributed by atoms with van der Waals surface area (Å²) in [6, 6.07) is 26.5. The summed E-state index contributed by atoms with van der Waals surface area (Å²) < 4.78 is 7.82. The van der Waals surface area contributed by atoms with Gasteiger partial charge < -0.3 is 9.84 Å². The van der Waals surface area contributed by atoms with Crippen LogP contribution in [0.15, 0.2) is 94.7 Å². The van der Waals surface area contributed by atoms with Crippen molar-refractivity contribution in [2.45, 2.75) is 0 Å². The minimum absolute atomic E-state index is 0.175. The van der Waals surface area contributed by atoms with Crippen LogP contribution in [0.4, 0.5) is 5.69 Å². The molecule has 0 aliphatic carbocycles. The van der Waals surface area contributed by atoms with Gasteiger partial charge in [0.2, 0.25) is 5.88 Å². The topological polar surface area (TPSA) is 92.5 Å². The van der Waals surface area contributed by atoms with E-state index in [1.165, 1.54) is 9.36 Å². The molecule has 1 N–H and O–H groups in total. The highest BCUT2D eigenvalue weighted by molar-refractivity contribution is 6.14. The van der Waals surface area contributed by atoms with Crippen LogP contribution >= 0.6 is 0 Å².